The summed E-state index contributed by atoms with van der Waals surface area (Å²) in [5, 5.41) is 3.04. The minimum absolute atomic E-state index is 0.0832. The normalized spacial score (nSPS) is 15.8. The first kappa shape index (κ1) is 22.0. The summed E-state index contributed by atoms with van der Waals surface area (Å²) in [4.78, 5) is 24.8. The number of nitrogens with zero attached hydrogens (tertiary/aromatic N) is 1. The zero-order valence-electron chi connectivity index (χ0n) is 15.7. The molecule has 1 atom stereocenters. The van der Waals surface area contributed by atoms with Crippen molar-refractivity contribution in [3.05, 3.63) is 30.3 Å². The van der Waals surface area contributed by atoms with Crippen molar-refractivity contribution in [3.8, 4) is 0 Å². The van der Waals surface area contributed by atoms with Crippen molar-refractivity contribution in [1.29, 1.82) is 0 Å². The van der Waals surface area contributed by atoms with Gasteiger partial charge in [0.2, 0.25) is 11.8 Å². The highest BCUT2D eigenvalue weighted by Gasteiger charge is 2.32. The predicted octanol–water partition coefficient (Wildman–Crippen LogP) is 3.26. The number of nitrogens with two attached hydrogens (primary N) is 1. The molecule has 1 heterocycles. The number of hydrogen-bond donors (Lipinski definition) is 2. The molecule has 0 radical (unpaired) electrons. The van der Waals surface area contributed by atoms with Crippen molar-refractivity contribution < 1.29 is 9.59 Å². The van der Waals surface area contributed by atoms with E-state index in [9.17, 15) is 9.59 Å². The molecule has 5 nitrogen and oxygen atoms in total. The number of carbonyl (C=O) groups excluding carboxylic acids is 2. The molecule has 1 aliphatic heterocycles. The second-order valence-corrected chi connectivity index (χ2v) is 6.10. The predicted molar refractivity (Wildman–Crippen MR) is 101 cm³/mol. The maximum atomic E-state index is 12.0. The fourth-order valence-corrected chi connectivity index (χ4v) is 2.20. The van der Waals surface area contributed by atoms with Crippen molar-refractivity contribution >= 4 is 17.5 Å². The van der Waals surface area contributed by atoms with Crippen LogP contribution in [0.3, 0.4) is 0 Å². The molecule has 24 heavy (non-hydrogen) atoms. The third-order valence-corrected chi connectivity index (χ3v) is 3.12. The Morgan fingerprint density at radius 3 is 2.25 bits per heavy atom. The Balaban J connectivity index is 0.000000773. The molecule has 1 aliphatic rings. The number of likely N-dealkylation sites (tertiary alicyclic amines) is 1. The Bertz CT molecular complexity index is 472. The first-order chi connectivity index (χ1) is 11.4. The van der Waals surface area contributed by atoms with E-state index < -0.39 is 11.9 Å². The van der Waals surface area contributed by atoms with Gasteiger partial charge in [0, 0.05) is 12.2 Å². The summed E-state index contributed by atoms with van der Waals surface area (Å²) < 4.78 is 0. The summed E-state index contributed by atoms with van der Waals surface area (Å²) in [5.41, 5.74) is 6.17. The zero-order chi connectivity index (χ0) is 18.5. The monoisotopic (exact) mass is 335 g/mol. The van der Waals surface area contributed by atoms with Gasteiger partial charge in [0.25, 0.3) is 0 Å². The summed E-state index contributed by atoms with van der Waals surface area (Å²) in [7, 11) is 0. The molecule has 2 amide bonds. The van der Waals surface area contributed by atoms with E-state index in [1.54, 1.807) is 4.90 Å². The molecule has 136 valence electrons. The van der Waals surface area contributed by atoms with Crippen LogP contribution in [0.1, 0.15) is 47.5 Å². The van der Waals surface area contributed by atoms with Gasteiger partial charge in [0.05, 0.1) is 6.54 Å². The minimum atomic E-state index is -0.435. The van der Waals surface area contributed by atoms with Crippen LogP contribution in [0.25, 0.3) is 0 Å². The molecule has 5 heteroatoms. The molecule has 1 aromatic carbocycles. The number of para-hydroxylation sites is 1. The van der Waals surface area contributed by atoms with E-state index in [1.165, 1.54) is 0 Å². The first-order valence-corrected chi connectivity index (χ1v) is 8.79. The highest BCUT2D eigenvalue weighted by Crippen LogP contribution is 2.17. The maximum Gasteiger partial charge on any atom is 0.242 e. The number of anilines is 1. The number of amides is 2. The lowest BCUT2D eigenvalue weighted by Gasteiger charge is -2.22. The van der Waals surface area contributed by atoms with Gasteiger partial charge in [-0.1, -0.05) is 52.8 Å². The first-order valence-electron chi connectivity index (χ1n) is 8.79. The topological polar surface area (TPSA) is 75.4 Å². The van der Waals surface area contributed by atoms with E-state index >= 15 is 0 Å². The lowest BCUT2D eigenvalue weighted by atomic mass is 10.2. The van der Waals surface area contributed by atoms with Crippen LogP contribution >= 0.6 is 0 Å². The van der Waals surface area contributed by atoms with Crippen LogP contribution in [0.2, 0.25) is 0 Å². The quantitative estimate of drug-likeness (QED) is 0.887. The Morgan fingerprint density at radius 2 is 1.75 bits per heavy atom. The highest BCUT2D eigenvalue weighted by atomic mass is 16.2. The van der Waals surface area contributed by atoms with Crippen LogP contribution in [-0.2, 0) is 9.59 Å². The number of nitrogens with one attached hydrogen (secondary N) is 1. The van der Waals surface area contributed by atoms with Crippen LogP contribution in [0, 0.1) is 5.92 Å². The number of primary amides is 1. The third-order valence-electron chi connectivity index (χ3n) is 3.12. The summed E-state index contributed by atoms with van der Waals surface area (Å²) >= 11 is 0. The van der Waals surface area contributed by atoms with Crippen molar-refractivity contribution in [2.45, 2.75) is 53.5 Å². The van der Waals surface area contributed by atoms with Crippen LogP contribution in [0.5, 0.6) is 0 Å². The van der Waals surface area contributed by atoms with Crippen molar-refractivity contribution in [2.75, 3.05) is 18.4 Å². The summed E-state index contributed by atoms with van der Waals surface area (Å²) in [6, 6.07) is 9.06. The SMILES string of the molecule is CC.CC(C)C.NC(=O)[C@@H]1CCCN1C(=O)CNc1ccccc1. The standard InChI is InChI=1S/C13H17N3O2.C4H10.C2H6/c14-13(18)11-7-4-8-16(11)12(17)9-15-10-5-2-1-3-6-10;1-4(2)3;1-2/h1-3,5-6,11,15H,4,7-9H2,(H2,14,18);4H,1-3H3;1-2H3/t11-;;/m0../s1. The van der Waals surface area contributed by atoms with Crippen LogP contribution in [0.15, 0.2) is 30.3 Å². The van der Waals surface area contributed by atoms with Gasteiger partial charge in [-0.25, -0.2) is 0 Å². The van der Waals surface area contributed by atoms with Gasteiger partial charge in [0.15, 0.2) is 0 Å². The lowest BCUT2D eigenvalue weighted by Crippen LogP contribution is -2.45. The molecule has 0 unspecified atom stereocenters. The Labute approximate surface area is 146 Å². The molecule has 1 saturated heterocycles. The second kappa shape index (κ2) is 12.4. The summed E-state index contributed by atoms with van der Waals surface area (Å²) in [5.74, 6) is 0.334. The minimum Gasteiger partial charge on any atom is -0.376 e. The second-order valence-electron chi connectivity index (χ2n) is 6.10. The van der Waals surface area contributed by atoms with Gasteiger partial charge in [-0.3, -0.25) is 9.59 Å². The van der Waals surface area contributed by atoms with E-state index in [0.717, 1.165) is 18.0 Å². The Hall–Kier alpha value is -2.04. The molecule has 0 saturated carbocycles. The van der Waals surface area contributed by atoms with Crippen LogP contribution < -0.4 is 11.1 Å². The summed E-state index contributed by atoms with van der Waals surface area (Å²) in [6.45, 7) is 11.3. The molecule has 3 N–H and O–H groups in total. The summed E-state index contributed by atoms with van der Waals surface area (Å²) in [6.07, 6.45) is 1.51. The Morgan fingerprint density at radius 1 is 1.21 bits per heavy atom. The molecule has 1 aromatic rings. The highest BCUT2D eigenvalue weighted by molar-refractivity contribution is 5.89. The molecule has 2 rings (SSSR count). The van der Waals surface area contributed by atoms with Crippen molar-refractivity contribution in [3.63, 3.8) is 0 Å². The Kier molecular flexibility index (Phi) is 11.3. The molecule has 0 aliphatic carbocycles. The number of rotatable bonds is 4. The fourth-order valence-electron chi connectivity index (χ4n) is 2.20. The van der Waals surface area contributed by atoms with E-state index in [1.807, 2.05) is 44.2 Å². The lowest BCUT2D eigenvalue weighted by molar-refractivity contribution is -0.135. The average molecular weight is 335 g/mol. The van der Waals surface area contributed by atoms with Crippen LogP contribution in [0.4, 0.5) is 5.69 Å². The van der Waals surface area contributed by atoms with Gasteiger partial charge in [-0.15, -0.1) is 0 Å². The van der Waals surface area contributed by atoms with Gasteiger partial charge >= 0.3 is 0 Å². The molecule has 1 fully saturated rings. The van der Waals surface area contributed by atoms with Gasteiger partial charge in [0.1, 0.15) is 6.04 Å². The average Bonchev–Trinajstić information content (AvgIpc) is 3.05. The van der Waals surface area contributed by atoms with E-state index in [2.05, 4.69) is 26.1 Å². The van der Waals surface area contributed by atoms with Crippen LogP contribution in [-0.4, -0.2) is 35.8 Å². The fraction of sp³-hybridized carbons (Fsp3) is 0.579. The van der Waals surface area contributed by atoms with Crippen molar-refractivity contribution in [2.24, 2.45) is 11.7 Å². The van der Waals surface area contributed by atoms with E-state index in [-0.39, 0.29) is 12.5 Å². The molecule has 0 spiro atoms. The molecular formula is C19H33N3O2. The number of hydrogen-bond acceptors (Lipinski definition) is 3. The van der Waals surface area contributed by atoms with E-state index in [4.69, 9.17) is 5.73 Å². The number of carbonyl (C=O) groups is 2. The van der Waals surface area contributed by atoms with Gasteiger partial charge in [-0.2, -0.15) is 0 Å². The third kappa shape index (κ3) is 8.56. The van der Waals surface area contributed by atoms with Crippen molar-refractivity contribution in [1.82, 2.24) is 4.90 Å². The van der Waals surface area contributed by atoms with Gasteiger partial charge < -0.3 is 16.0 Å². The molecule has 0 bridgehead atoms. The van der Waals surface area contributed by atoms with E-state index in [0.29, 0.717) is 13.0 Å². The van der Waals surface area contributed by atoms with Gasteiger partial charge in [-0.05, 0) is 30.9 Å². The molecule has 0 aromatic heterocycles. The largest absolute Gasteiger partial charge is 0.376 e. The molecular weight excluding hydrogens is 302 g/mol. The number of benzene rings is 1. The maximum absolute atomic E-state index is 12.0. The zero-order valence-corrected chi connectivity index (χ0v) is 15.7. The smallest absolute Gasteiger partial charge is 0.242 e.